The van der Waals surface area contributed by atoms with Crippen LogP contribution in [-0.4, -0.2) is 34.8 Å². The first-order valence-corrected chi connectivity index (χ1v) is 9.03. The van der Waals surface area contributed by atoms with Gasteiger partial charge in [0, 0.05) is 5.56 Å². The number of imide groups is 1. The summed E-state index contributed by atoms with van der Waals surface area (Å²) >= 11 is 0. The molecular weight excluding hydrogens is 370 g/mol. The van der Waals surface area contributed by atoms with E-state index in [1.807, 2.05) is 0 Å². The Morgan fingerprint density at radius 2 is 1.96 bits per heavy atom. The summed E-state index contributed by atoms with van der Waals surface area (Å²) < 4.78 is 27.7. The Labute approximate surface area is 160 Å². The number of carbonyl (C=O) groups is 3. The van der Waals surface area contributed by atoms with Crippen LogP contribution in [0.2, 0.25) is 0 Å². The summed E-state index contributed by atoms with van der Waals surface area (Å²) in [6.45, 7) is 0.640. The number of carbonyl (C=O) groups excluding carboxylic acids is 3. The van der Waals surface area contributed by atoms with E-state index < -0.39 is 47.1 Å². The number of urea groups is 1. The van der Waals surface area contributed by atoms with Crippen molar-refractivity contribution in [3.63, 3.8) is 0 Å². The molecule has 1 heterocycles. The van der Waals surface area contributed by atoms with E-state index in [1.54, 1.807) is 0 Å². The molecule has 1 aliphatic carbocycles. The van der Waals surface area contributed by atoms with Crippen molar-refractivity contribution in [1.29, 1.82) is 5.26 Å². The van der Waals surface area contributed by atoms with Gasteiger partial charge in [0.2, 0.25) is 5.91 Å². The van der Waals surface area contributed by atoms with Gasteiger partial charge in [-0.05, 0) is 38.0 Å². The van der Waals surface area contributed by atoms with Gasteiger partial charge in [-0.1, -0.05) is 19.3 Å². The molecule has 0 aromatic heterocycles. The van der Waals surface area contributed by atoms with Gasteiger partial charge in [-0.15, -0.1) is 0 Å². The Bertz CT molecular complexity index is 876. The third-order valence-electron chi connectivity index (χ3n) is 5.34. The van der Waals surface area contributed by atoms with Gasteiger partial charge in [-0.2, -0.15) is 5.26 Å². The molecule has 9 heteroatoms. The average molecular weight is 390 g/mol. The highest BCUT2D eigenvalue weighted by Crippen LogP contribution is 2.31. The monoisotopic (exact) mass is 390 g/mol. The van der Waals surface area contributed by atoms with E-state index in [1.165, 1.54) is 6.92 Å². The smallest absolute Gasteiger partial charge is 0.325 e. The summed E-state index contributed by atoms with van der Waals surface area (Å²) in [6, 6.07) is 3.84. The predicted octanol–water partition coefficient (Wildman–Crippen LogP) is 2.07. The summed E-state index contributed by atoms with van der Waals surface area (Å²) in [5.41, 5.74) is -3.16. The summed E-state index contributed by atoms with van der Waals surface area (Å²) in [4.78, 5) is 38.1. The fourth-order valence-electron chi connectivity index (χ4n) is 3.77. The maximum atomic E-state index is 14.2. The fraction of sp³-hybridized carbons (Fsp3) is 0.474. The number of nitrogens with zero attached hydrogens (tertiary/aromatic N) is 2. The van der Waals surface area contributed by atoms with E-state index >= 15 is 0 Å². The molecule has 0 bridgehead atoms. The number of amides is 4. The molecule has 0 spiro atoms. The lowest BCUT2D eigenvalue weighted by Gasteiger charge is -2.32. The van der Waals surface area contributed by atoms with Crippen LogP contribution in [0.3, 0.4) is 0 Å². The van der Waals surface area contributed by atoms with E-state index in [2.05, 4.69) is 16.7 Å². The second-order valence-corrected chi connectivity index (χ2v) is 7.37. The van der Waals surface area contributed by atoms with E-state index in [-0.39, 0.29) is 5.56 Å². The van der Waals surface area contributed by atoms with Crippen LogP contribution in [0.15, 0.2) is 18.2 Å². The molecule has 2 fully saturated rings. The van der Waals surface area contributed by atoms with Crippen molar-refractivity contribution in [2.75, 3.05) is 6.54 Å². The van der Waals surface area contributed by atoms with Gasteiger partial charge >= 0.3 is 6.03 Å². The predicted molar refractivity (Wildman–Crippen MR) is 93.5 cm³/mol. The van der Waals surface area contributed by atoms with E-state index in [4.69, 9.17) is 0 Å². The Hall–Kier alpha value is -3.02. The third-order valence-corrected chi connectivity index (χ3v) is 5.34. The minimum absolute atomic E-state index is 0.325. The summed E-state index contributed by atoms with van der Waals surface area (Å²) in [7, 11) is 0. The Balaban J connectivity index is 1.78. The fourth-order valence-corrected chi connectivity index (χ4v) is 3.77. The van der Waals surface area contributed by atoms with Gasteiger partial charge < -0.3 is 10.6 Å². The van der Waals surface area contributed by atoms with Crippen molar-refractivity contribution in [3.05, 3.63) is 35.4 Å². The zero-order chi connectivity index (χ0) is 20.5. The molecule has 1 saturated carbocycles. The Morgan fingerprint density at radius 3 is 2.61 bits per heavy atom. The average Bonchev–Trinajstić information content (AvgIpc) is 2.88. The molecular formula is C19H20F2N4O3. The molecule has 28 heavy (non-hydrogen) atoms. The number of hydrogen-bond acceptors (Lipinski definition) is 4. The standard InChI is InChI=1S/C19H20F2N4O3/c1-18(13-9-12(20)5-6-14(13)21)16(27)25(17(28)24-18)10-15(26)23-19(11-22)7-3-2-4-8-19/h5-6,9H,2-4,7-8,10H2,1H3,(H,23,26)(H,24,28)/t18-/m0/s1. The molecule has 7 nitrogen and oxygen atoms in total. The number of nitriles is 1. The van der Waals surface area contributed by atoms with E-state index in [9.17, 15) is 28.4 Å². The minimum atomic E-state index is -1.83. The lowest BCUT2D eigenvalue weighted by Crippen LogP contribution is -2.52. The van der Waals surface area contributed by atoms with Gasteiger partial charge in [-0.25, -0.2) is 13.6 Å². The second-order valence-electron chi connectivity index (χ2n) is 7.37. The lowest BCUT2D eigenvalue weighted by molar-refractivity contribution is -0.135. The van der Waals surface area contributed by atoms with Gasteiger partial charge in [0.15, 0.2) is 0 Å². The Morgan fingerprint density at radius 1 is 1.29 bits per heavy atom. The minimum Gasteiger partial charge on any atom is -0.336 e. The first-order valence-electron chi connectivity index (χ1n) is 9.03. The molecule has 1 atom stereocenters. The molecule has 3 rings (SSSR count). The molecule has 1 aromatic carbocycles. The largest absolute Gasteiger partial charge is 0.336 e. The van der Waals surface area contributed by atoms with E-state index in [0.29, 0.717) is 17.7 Å². The number of hydrogen-bond donors (Lipinski definition) is 2. The highest BCUT2D eigenvalue weighted by atomic mass is 19.1. The van der Waals surface area contributed by atoms with Crippen molar-refractivity contribution in [2.24, 2.45) is 0 Å². The number of nitrogens with one attached hydrogen (secondary N) is 2. The molecule has 2 N–H and O–H groups in total. The number of benzene rings is 1. The van der Waals surface area contributed by atoms with Crippen LogP contribution < -0.4 is 10.6 Å². The Kier molecular flexibility index (Phi) is 5.06. The van der Waals surface area contributed by atoms with Crippen LogP contribution in [0.5, 0.6) is 0 Å². The summed E-state index contributed by atoms with van der Waals surface area (Å²) in [5.74, 6) is -3.14. The summed E-state index contributed by atoms with van der Waals surface area (Å²) in [5, 5.41) is 14.4. The van der Waals surface area contributed by atoms with Crippen LogP contribution in [0.1, 0.15) is 44.6 Å². The second kappa shape index (κ2) is 7.19. The van der Waals surface area contributed by atoms with Crippen molar-refractivity contribution in [2.45, 2.75) is 50.1 Å². The zero-order valence-corrected chi connectivity index (χ0v) is 15.3. The first kappa shape index (κ1) is 19.7. The third kappa shape index (κ3) is 3.42. The highest BCUT2D eigenvalue weighted by molar-refractivity contribution is 6.09. The van der Waals surface area contributed by atoms with Crippen LogP contribution in [-0.2, 0) is 15.1 Å². The SMILES string of the molecule is C[C@@]1(c2cc(F)ccc2F)NC(=O)N(CC(=O)NC2(C#N)CCCCC2)C1=O. The van der Waals surface area contributed by atoms with Crippen molar-refractivity contribution >= 4 is 17.8 Å². The maximum absolute atomic E-state index is 14.2. The topological polar surface area (TPSA) is 102 Å². The van der Waals surface area contributed by atoms with Crippen molar-refractivity contribution in [3.8, 4) is 6.07 Å². The number of halogens is 2. The molecule has 1 saturated heterocycles. The zero-order valence-electron chi connectivity index (χ0n) is 15.3. The molecule has 2 aliphatic rings. The molecule has 4 amide bonds. The normalized spacial score (nSPS) is 23.9. The highest BCUT2D eigenvalue weighted by Gasteiger charge is 2.51. The molecule has 1 aromatic rings. The van der Waals surface area contributed by atoms with Crippen LogP contribution in [0.4, 0.5) is 13.6 Å². The van der Waals surface area contributed by atoms with Crippen molar-refractivity contribution in [1.82, 2.24) is 15.5 Å². The lowest BCUT2D eigenvalue weighted by atomic mass is 9.83. The maximum Gasteiger partial charge on any atom is 0.325 e. The summed E-state index contributed by atoms with van der Waals surface area (Å²) in [6.07, 6.45) is 3.58. The van der Waals surface area contributed by atoms with Crippen molar-refractivity contribution < 1.29 is 23.2 Å². The molecule has 0 unspecified atom stereocenters. The van der Waals surface area contributed by atoms with Gasteiger partial charge in [0.25, 0.3) is 5.91 Å². The molecule has 1 aliphatic heterocycles. The molecule has 0 radical (unpaired) electrons. The van der Waals surface area contributed by atoms with Gasteiger partial charge in [0.1, 0.15) is 29.3 Å². The van der Waals surface area contributed by atoms with E-state index in [0.717, 1.165) is 37.5 Å². The molecule has 148 valence electrons. The first-order chi connectivity index (χ1) is 13.2. The quantitative estimate of drug-likeness (QED) is 0.769. The van der Waals surface area contributed by atoms with Crippen LogP contribution in [0, 0.1) is 23.0 Å². The van der Waals surface area contributed by atoms with Gasteiger partial charge in [-0.3, -0.25) is 14.5 Å². The van der Waals surface area contributed by atoms with Crippen LogP contribution in [0.25, 0.3) is 0 Å². The number of rotatable bonds is 4. The van der Waals surface area contributed by atoms with Gasteiger partial charge in [0.05, 0.1) is 6.07 Å². The van der Waals surface area contributed by atoms with Crippen LogP contribution >= 0.6 is 0 Å².